The number of methoxy groups -OCH3 is 3. The molecule has 0 atom stereocenters. The Morgan fingerprint density at radius 2 is 1.82 bits per heavy atom. The minimum atomic E-state index is -0.408. The van der Waals surface area contributed by atoms with Crippen LogP contribution in [0.5, 0.6) is 0 Å². The molecule has 0 amide bonds. The van der Waals surface area contributed by atoms with E-state index in [1.54, 1.807) is 33.5 Å². The van der Waals surface area contributed by atoms with Gasteiger partial charge in [-0.05, 0) is 6.08 Å². The van der Waals surface area contributed by atoms with E-state index in [0.717, 1.165) is 16.9 Å². The molecule has 0 aliphatic heterocycles. The topological polar surface area (TPSA) is 27.7 Å². The number of benzene rings is 1. The quantitative estimate of drug-likeness (QED) is 0.430. The highest BCUT2D eigenvalue weighted by Gasteiger charge is 2.15. The summed E-state index contributed by atoms with van der Waals surface area (Å²) in [7, 11) is 4.84. The Labute approximate surface area is 102 Å². The van der Waals surface area contributed by atoms with Crippen LogP contribution in [-0.2, 0) is 14.2 Å². The van der Waals surface area contributed by atoms with Gasteiger partial charge in [0.2, 0.25) is 0 Å². The zero-order valence-electron chi connectivity index (χ0n) is 10.5. The first-order chi connectivity index (χ1) is 8.28. The molecule has 3 heteroatoms. The fraction of sp³-hybridized carbons (Fsp3) is 0.286. The molecule has 0 saturated carbocycles. The van der Waals surface area contributed by atoms with E-state index in [9.17, 15) is 0 Å². The van der Waals surface area contributed by atoms with Crippen molar-refractivity contribution in [1.82, 2.24) is 0 Å². The van der Waals surface area contributed by atoms with Crippen LogP contribution in [-0.4, -0.2) is 21.3 Å². The van der Waals surface area contributed by atoms with Gasteiger partial charge in [-0.25, -0.2) is 0 Å². The van der Waals surface area contributed by atoms with E-state index in [-0.39, 0.29) is 0 Å². The standard InChI is InChI=1S/C14H18O3/c1-5-8-13(15-2)11-9-6-7-10-12(11)14(16-3)17-4/h5-10,14H,1H2,2-4H3/b13-8-. The van der Waals surface area contributed by atoms with E-state index in [0.29, 0.717) is 0 Å². The Balaban J connectivity index is 3.23. The zero-order valence-corrected chi connectivity index (χ0v) is 10.5. The van der Waals surface area contributed by atoms with Crippen molar-refractivity contribution in [3.8, 4) is 0 Å². The van der Waals surface area contributed by atoms with Crippen molar-refractivity contribution in [2.45, 2.75) is 6.29 Å². The van der Waals surface area contributed by atoms with Crippen molar-refractivity contribution in [2.24, 2.45) is 0 Å². The molecule has 1 rings (SSSR count). The Kier molecular flexibility index (Phi) is 5.46. The molecule has 17 heavy (non-hydrogen) atoms. The normalized spacial score (nSPS) is 11.6. The highest BCUT2D eigenvalue weighted by molar-refractivity contribution is 5.64. The molecule has 0 fully saturated rings. The van der Waals surface area contributed by atoms with Crippen molar-refractivity contribution in [2.75, 3.05) is 21.3 Å². The smallest absolute Gasteiger partial charge is 0.183 e. The van der Waals surface area contributed by atoms with Gasteiger partial charge in [-0.3, -0.25) is 0 Å². The maximum absolute atomic E-state index is 5.34. The van der Waals surface area contributed by atoms with E-state index >= 15 is 0 Å². The first-order valence-corrected chi connectivity index (χ1v) is 5.30. The maximum Gasteiger partial charge on any atom is 0.183 e. The fourth-order valence-corrected chi connectivity index (χ4v) is 1.65. The summed E-state index contributed by atoms with van der Waals surface area (Å²) in [4.78, 5) is 0. The van der Waals surface area contributed by atoms with Gasteiger partial charge in [0.1, 0.15) is 5.76 Å². The zero-order chi connectivity index (χ0) is 12.7. The highest BCUT2D eigenvalue weighted by Crippen LogP contribution is 2.27. The lowest BCUT2D eigenvalue weighted by atomic mass is 10.0. The van der Waals surface area contributed by atoms with Crippen molar-refractivity contribution >= 4 is 5.76 Å². The molecule has 0 radical (unpaired) electrons. The summed E-state index contributed by atoms with van der Waals surface area (Å²) in [5, 5.41) is 0. The van der Waals surface area contributed by atoms with Crippen LogP contribution in [0.25, 0.3) is 5.76 Å². The molecular formula is C14H18O3. The molecular weight excluding hydrogens is 216 g/mol. The highest BCUT2D eigenvalue weighted by atomic mass is 16.7. The van der Waals surface area contributed by atoms with Crippen LogP contribution in [0.2, 0.25) is 0 Å². The molecule has 0 aliphatic rings. The average Bonchev–Trinajstić information content (AvgIpc) is 2.38. The molecule has 0 spiro atoms. The van der Waals surface area contributed by atoms with Crippen molar-refractivity contribution in [3.05, 3.63) is 54.1 Å². The van der Waals surface area contributed by atoms with Crippen LogP contribution >= 0.6 is 0 Å². The van der Waals surface area contributed by atoms with Gasteiger partial charge in [0.15, 0.2) is 6.29 Å². The second-order valence-corrected chi connectivity index (χ2v) is 3.36. The molecule has 0 heterocycles. The second kappa shape index (κ2) is 6.89. The van der Waals surface area contributed by atoms with Crippen molar-refractivity contribution < 1.29 is 14.2 Å². The first-order valence-electron chi connectivity index (χ1n) is 5.30. The van der Waals surface area contributed by atoms with E-state index in [1.807, 2.05) is 24.3 Å². The minimum Gasteiger partial charge on any atom is -0.496 e. The molecule has 1 aromatic rings. The van der Waals surface area contributed by atoms with Crippen LogP contribution in [0.4, 0.5) is 0 Å². The van der Waals surface area contributed by atoms with Gasteiger partial charge in [0.05, 0.1) is 7.11 Å². The molecule has 3 nitrogen and oxygen atoms in total. The SMILES string of the molecule is C=C/C=C(\OC)c1ccccc1C(OC)OC. The van der Waals surface area contributed by atoms with E-state index in [4.69, 9.17) is 14.2 Å². The van der Waals surface area contributed by atoms with Gasteiger partial charge < -0.3 is 14.2 Å². The first kappa shape index (κ1) is 13.5. The molecule has 0 N–H and O–H groups in total. The summed E-state index contributed by atoms with van der Waals surface area (Å²) >= 11 is 0. The Morgan fingerprint density at radius 3 is 2.35 bits per heavy atom. The Hall–Kier alpha value is -1.58. The molecule has 0 unspecified atom stereocenters. The molecule has 1 aromatic carbocycles. The van der Waals surface area contributed by atoms with Crippen LogP contribution in [0.1, 0.15) is 17.4 Å². The predicted molar refractivity (Wildman–Crippen MR) is 68.4 cm³/mol. The minimum absolute atomic E-state index is 0.408. The largest absolute Gasteiger partial charge is 0.496 e. The Morgan fingerprint density at radius 1 is 1.18 bits per heavy atom. The van der Waals surface area contributed by atoms with Gasteiger partial charge in [0, 0.05) is 25.3 Å². The summed E-state index contributed by atoms with van der Waals surface area (Å²) in [6.07, 6.45) is 3.08. The number of allylic oxidation sites excluding steroid dienone is 2. The third-order valence-electron chi connectivity index (χ3n) is 2.40. The summed E-state index contributed by atoms with van der Waals surface area (Å²) in [6.45, 7) is 3.67. The Bertz CT molecular complexity index is 392. The fourth-order valence-electron chi connectivity index (χ4n) is 1.65. The van der Waals surface area contributed by atoms with Crippen LogP contribution in [0.3, 0.4) is 0 Å². The average molecular weight is 234 g/mol. The number of ether oxygens (including phenoxy) is 3. The second-order valence-electron chi connectivity index (χ2n) is 3.36. The lowest BCUT2D eigenvalue weighted by Crippen LogP contribution is -2.07. The molecule has 92 valence electrons. The van der Waals surface area contributed by atoms with Crippen LogP contribution in [0.15, 0.2) is 43.0 Å². The lowest BCUT2D eigenvalue weighted by Gasteiger charge is -2.18. The molecule has 0 bridgehead atoms. The monoisotopic (exact) mass is 234 g/mol. The maximum atomic E-state index is 5.34. The molecule has 0 aliphatic carbocycles. The summed E-state index contributed by atoms with van der Waals surface area (Å²) in [6, 6.07) is 7.78. The third kappa shape index (κ3) is 3.19. The van der Waals surface area contributed by atoms with Gasteiger partial charge >= 0.3 is 0 Å². The van der Waals surface area contributed by atoms with Gasteiger partial charge in [-0.2, -0.15) is 0 Å². The van der Waals surface area contributed by atoms with Crippen molar-refractivity contribution in [1.29, 1.82) is 0 Å². The number of hydrogen-bond donors (Lipinski definition) is 0. The van der Waals surface area contributed by atoms with E-state index < -0.39 is 6.29 Å². The molecule has 0 aromatic heterocycles. The third-order valence-corrected chi connectivity index (χ3v) is 2.40. The summed E-state index contributed by atoms with van der Waals surface area (Å²) in [5.74, 6) is 0.731. The van der Waals surface area contributed by atoms with E-state index in [1.165, 1.54) is 0 Å². The lowest BCUT2D eigenvalue weighted by molar-refractivity contribution is -0.106. The summed E-state index contributed by atoms with van der Waals surface area (Å²) in [5.41, 5.74) is 1.86. The molecule has 0 saturated heterocycles. The number of rotatable bonds is 6. The predicted octanol–water partition coefficient (Wildman–Crippen LogP) is 3.15. The van der Waals surface area contributed by atoms with E-state index in [2.05, 4.69) is 6.58 Å². The van der Waals surface area contributed by atoms with Crippen LogP contribution in [0, 0.1) is 0 Å². The van der Waals surface area contributed by atoms with Gasteiger partial charge in [-0.1, -0.05) is 36.9 Å². The van der Waals surface area contributed by atoms with Gasteiger partial charge in [-0.15, -0.1) is 0 Å². The summed E-state index contributed by atoms with van der Waals surface area (Å²) < 4.78 is 15.9. The van der Waals surface area contributed by atoms with Crippen LogP contribution < -0.4 is 0 Å². The van der Waals surface area contributed by atoms with Crippen molar-refractivity contribution in [3.63, 3.8) is 0 Å². The number of hydrogen-bond acceptors (Lipinski definition) is 3. The van der Waals surface area contributed by atoms with Gasteiger partial charge in [0.25, 0.3) is 0 Å².